The summed E-state index contributed by atoms with van der Waals surface area (Å²) in [5, 5.41) is 5.04. The van der Waals surface area contributed by atoms with E-state index in [1.165, 1.54) is 62.1 Å². The van der Waals surface area contributed by atoms with Gasteiger partial charge in [-0.25, -0.2) is 15.0 Å². The average Bonchev–Trinajstić information content (AvgIpc) is 3.56. The molecule has 0 spiro atoms. The molecule has 10 rings (SSSR count). The molecule has 1 aliphatic carbocycles. The van der Waals surface area contributed by atoms with Crippen LogP contribution in [-0.2, 0) is 10.8 Å². The van der Waals surface area contributed by atoms with Crippen molar-refractivity contribution in [3.63, 3.8) is 0 Å². The molecule has 7 aromatic carbocycles. The van der Waals surface area contributed by atoms with Gasteiger partial charge in [-0.15, -0.1) is 0 Å². The minimum atomic E-state index is 0.102. The highest BCUT2D eigenvalue weighted by molar-refractivity contribution is 6.10. The van der Waals surface area contributed by atoms with E-state index < -0.39 is 0 Å². The Balaban J connectivity index is 1.11. The predicted octanol–water partition coefficient (Wildman–Crippen LogP) is 13.1. The number of benzene rings is 7. The van der Waals surface area contributed by atoms with Gasteiger partial charge in [-0.2, -0.15) is 0 Å². The van der Waals surface area contributed by atoms with Crippen molar-refractivity contribution >= 4 is 32.6 Å². The number of hydrogen-bond acceptors (Lipinski definition) is 3. The van der Waals surface area contributed by atoms with Crippen molar-refractivity contribution in [1.82, 2.24) is 19.5 Å². The van der Waals surface area contributed by atoms with Crippen LogP contribution in [0.25, 0.3) is 83.6 Å². The highest BCUT2D eigenvalue weighted by Crippen LogP contribution is 2.48. The molecular formula is C51H42N4. The van der Waals surface area contributed by atoms with Crippen molar-refractivity contribution in [1.29, 1.82) is 0 Å². The molecule has 1 aliphatic rings. The lowest BCUT2D eigenvalue weighted by molar-refractivity contribution is 0.332. The number of fused-ring (bicyclic) bond motifs is 5. The first-order valence-corrected chi connectivity index (χ1v) is 19.3. The molecule has 0 fully saturated rings. The van der Waals surface area contributed by atoms with Crippen LogP contribution in [0.4, 0.5) is 0 Å². The maximum Gasteiger partial charge on any atom is 0.164 e. The van der Waals surface area contributed by atoms with Crippen LogP contribution in [0, 0.1) is 0 Å². The van der Waals surface area contributed by atoms with Gasteiger partial charge in [-0.1, -0.05) is 149 Å². The summed E-state index contributed by atoms with van der Waals surface area (Å²) in [6, 6.07) is 56.3. The SMILES string of the molecule is CC1(C)CCC(C)(C)c2cc3c(cc21)c1ccccc1n3-c1cccc(-c2nc(-c3ccccc3)nc(-c3ccc(-c4ccc5ccccc5c4)cc3)n2)c1. The van der Waals surface area contributed by atoms with Gasteiger partial charge in [0, 0.05) is 33.2 Å². The van der Waals surface area contributed by atoms with E-state index in [0.29, 0.717) is 17.5 Å². The average molecular weight is 711 g/mol. The van der Waals surface area contributed by atoms with E-state index in [-0.39, 0.29) is 10.8 Å². The Kier molecular flexibility index (Phi) is 7.60. The molecule has 0 amide bonds. The fourth-order valence-electron chi connectivity index (χ4n) is 8.62. The van der Waals surface area contributed by atoms with Gasteiger partial charge in [0.05, 0.1) is 11.0 Å². The van der Waals surface area contributed by atoms with Crippen molar-refractivity contribution in [3.8, 4) is 51.0 Å². The van der Waals surface area contributed by atoms with Gasteiger partial charge in [0.2, 0.25) is 0 Å². The lowest BCUT2D eigenvalue weighted by Crippen LogP contribution is -2.33. The summed E-state index contributed by atoms with van der Waals surface area (Å²) in [4.78, 5) is 15.3. The summed E-state index contributed by atoms with van der Waals surface area (Å²) in [6.07, 6.45) is 2.36. The quantitative estimate of drug-likeness (QED) is 0.179. The monoisotopic (exact) mass is 710 g/mol. The molecule has 4 heteroatoms. The van der Waals surface area contributed by atoms with Gasteiger partial charge >= 0.3 is 0 Å². The molecule has 4 nitrogen and oxygen atoms in total. The van der Waals surface area contributed by atoms with Crippen LogP contribution in [0.3, 0.4) is 0 Å². The normalized spacial score (nSPS) is 14.7. The number of nitrogens with zero attached hydrogens (tertiary/aromatic N) is 4. The zero-order valence-corrected chi connectivity index (χ0v) is 31.7. The summed E-state index contributed by atoms with van der Waals surface area (Å²) in [5.74, 6) is 1.94. The van der Waals surface area contributed by atoms with E-state index >= 15 is 0 Å². The van der Waals surface area contributed by atoms with Gasteiger partial charge in [0.15, 0.2) is 17.5 Å². The molecular weight excluding hydrogens is 669 g/mol. The molecule has 0 aliphatic heterocycles. The van der Waals surface area contributed by atoms with Crippen molar-refractivity contribution in [3.05, 3.63) is 169 Å². The van der Waals surface area contributed by atoms with Gasteiger partial charge < -0.3 is 4.57 Å². The second-order valence-corrected chi connectivity index (χ2v) is 16.4. The first-order valence-electron chi connectivity index (χ1n) is 19.3. The maximum absolute atomic E-state index is 5.15. The van der Waals surface area contributed by atoms with Crippen molar-refractivity contribution < 1.29 is 0 Å². The van der Waals surface area contributed by atoms with E-state index in [4.69, 9.17) is 15.0 Å². The molecule has 0 bridgehead atoms. The first kappa shape index (κ1) is 33.2. The molecule has 9 aromatic rings. The Morgan fingerprint density at radius 3 is 1.71 bits per heavy atom. The Morgan fingerprint density at radius 1 is 0.400 bits per heavy atom. The van der Waals surface area contributed by atoms with E-state index in [9.17, 15) is 0 Å². The summed E-state index contributed by atoms with van der Waals surface area (Å²) in [5.41, 5.74) is 11.8. The predicted molar refractivity (Wildman–Crippen MR) is 229 cm³/mol. The van der Waals surface area contributed by atoms with Crippen LogP contribution in [-0.4, -0.2) is 19.5 Å². The summed E-state index contributed by atoms with van der Waals surface area (Å²) in [6.45, 7) is 9.61. The van der Waals surface area contributed by atoms with E-state index in [0.717, 1.165) is 27.9 Å². The summed E-state index contributed by atoms with van der Waals surface area (Å²) >= 11 is 0. The van der Waals surface area contributed by atoms with Crippen LogP contribution < -0.4 is 0 Å². The summed E-state index contributed by atoms with van der Waals surface area (Å²) in [7, 11) is 0. The van der Waals surface area contributed by atoms with Gasteiger partial charge in [0.25, 0.3) is 0 Å². The third kappa shape index (κ3) is 5.72. The number of hydrogen-bond donors (Lipinski definition) is 0. The van der Waals surface area contributed by atoms with Crippen molar-refractivity contribution in [2.24, 2.45) is 0 Å². The minimum absolute atomic E-state index is 0.102. The smallest absolute Gasteiger partial charge is 0.164 e. The van der Waals surface area contributed by atoms with Gasteiger partial charge in [0.1, 0.15) is 0 Å². The standard InChI is InChI=1S/C51H42N4/c1-50(2)27-28-51(3,4)44-32-46-42(31-43(44)50)41-19-10-11-20-45(41)55(46)40-18-12-17-39(30-40)49-53-47(35-14-6-5-7-15-35)52-48(54-49)36-24-21-34(22-25-36)38-26-23-33-13-8-9-16-37(33)29-38/h5-26,29-32H,27-28H2,1-4H3. The number of para-hydroxylation sites is 1. The first-order chi connectivity index (χ1) is 26.7. The molecule has 0 radical (unpaired) electrons. The second-order valence-electron chi connectivity index (χ2n) is 16.4. The Morgan fingerprint density at radius 2 is 0.964 bits per heavy atom. The topological polar surface area (TPSA) is 43.6 Å². The molecule has 0 N–H and O–H groups in total. The zero-order chi connectivity index (χ0) is 37.3. The molecule has 0 unspecified atom stereocenters. The van der Waals surface area contributed by atoms with E-state index in [1.807, 2.05) is 18.2 Å². The van der Waals surface area contributed by atoms with Crippen LogP contribution in [0.15, 0.2) is 158 Å². The van der Waals surface area contributed by atoms with Crippen LogP contribution in [0.1, 0.15) is 51.7 Å². The number of rotatable bonds is 5. The van der Waals surface area contributed by atoms with Crippen molar-refractivity contribution in [2.75, 3.05) is 0 Å². The molecule has 2 aromatic heterocycles. The maximum atomic E-state index is 5.15. The minimum Gasteiger partial charge on any atom is -0.309 e. The molecule has 55 heavy (non-hydrogen) atoms. The molecule has 0 saturated carbocycles. The summed E-state index contributed by atoms with van der Waals surface area (Å²) < 4.78 is 2.43. The second kappa shape index (κ2) is 12.6. The van der Waals surface area contributed by atoms with Crippen LogP contribution in [0.2, 0.25) is 0 Å². The number of aromatic nitrogens is 4. The molecule has 0 saturated heterocycles. The highest BCUT2D eigenvalue weighted by Gasteiger charge is 2.37. The zero-order valence-electron chi connectivity index (χ0n) is 31.7. The fraction of sp³-hybridized carbons (Fsp3) is 0.157. The highest BCUT2D eigenvalue weighted by atomic mass is 15.0. The third-order valence-electron chi connectivity index (χ3n) is 11.9. The van der Waals surface area contributed by atoms with Crippen LogP contribution >= 0.6 is 0 Å². The van der Waals surface area contributed by atoms with E-state index in [1.54, 1.807) is 0 Å². The van der Waals surface area contributed by atoms with Gasteiger partial charge in [-0.05, 0) is 93.1 Å². The lowest BCUT2D eigenvalue weighted by Gasteiger charge is -2.42. The fourth-order valence-corrected chi connectivity index (χ4v) is 8.62. The Bertz CT molecular complexity index is 2920. The molecule has 2 heterocycles. The van der Waals surface area contributed by atoms with Gasteiger partial charge in [-0.3, -0.25) is 0 Å². The Hall–Kier alpha value is -6.39. The molecule has 266 valence electrons. The molecule has 0 atom stereocenters. The lowest BCUT2D eigenvalue weighted by atomic mass is 9.63. The largest absolute Gasteiger partial charge is 0.309 e. The Labute approximate surface area is 322 Å². The van der Waals surface area contributed by atoms with Crippen LogP contribution in [0.5, 0.6) is 0 Å². The third-order valence-corrected chi connectivity index (χ3v) is 11.9. The van der Waals surface area contributed by atoms with E-state index in [2.05, 4.69) is 172 Å². The van der Waals surface area contributed by atoms with Crippen molar-refractivity contribution in [2.45, 2.75) is 51.4 Å².